The number of fused-ring (bicyclic) bond motifs is 2. The number of hydrogen-bond acceptors (Lipinski definition) is 18. The van der Waals surface area contributed by atoms with E-state index in [4.69, 9.17) is 28.6 Å². The Balaban J connectivity index is 0.000000204. The van der Waals surface area contributed by atoms with Gasteiger partial charge >= 0.3 is 6.09 Å². The van der Waals surface area contributed by atoms with Crippen molar-refractivity contribution in [2.75, 3.05) is 43.9 Å². The molecule has 3 amide bonds. The van der Waals surface area contributed by atoms with E-state index in [2.05, 4.69) is 62.0 Å². The molecule has 8 heterocycles. The van der Waals surface area contributed by atoms with Crippen molar-refractivity contribution >= 4 is 51.6 Å². The fraction of sp³-hybridized carbons (Fsp3) is 0.393. The molecule has 2 aliphatic heterocycles. The molecule has 9 aromatic rings. The number of amides is 3. The molecule has 23 nitrogen and oxygen atoms in total. The number of ether oxygens (including phenoxy) is 2. The Bertz CT molecular complexity index is 3910. The molecule has 2 fully saturated rings. The SMILES string of the molecule is CC(C)(C)c1nc(C(=O)NCc2ccc(-c3ccnc4[nH]nc(N[C@@H]5CCNC5)c34)cc2F)no1.COc1ccc(Cn2nc(N[C@@H]3CCN(C(=O)OC(C)(C)C)C3)c3c(-c4ccc(CNC(=O)c5noc(C(C)(C)C)n5)c(F)c4)ccnc32)cc1. The van der Waals surface area contributed by atoms with Gasteiger partial charge in [0, 0.05) is 79.2 Å². The number of pyridine rings is 2. The summed E-state index contributed by atoms with van der Waals surface area (Å²) < 4.78 is 53.8. The molecule has 11 rings (SSSR count). The molecule has 0 saturated carbocycles. The van der Waals surface area contributed by atoms with E-state index in [-0.39, 0.29) is 48.3 Å². The van der Waals surface area contributed by atoms with Gasteiger partial charge in [-0.1, -0.05) is 88.3 Å². The monoisotopic (exact) mass is 1180 g/mol. The van der Waals surface area contributed by atoms with Crippen molar-refractivity contribution in [2.45, 2.75) is 123 Å². The second-order valence-electron chi connectivity index (χ2n) is 24.3. The highest BCUT2D eigenvalue weighted by Crippen LogP contribution is 2.36. The lowest BCUT2D eigenvalue weighted by atomic mass is 9.97. The molecular formula is C61H70F2N16O7. The van der Waals surface area contributed by atoms with Crippen molar-refractivity contribution in [3.63, 3.8) is 0 Å². The predicted molar refractivity (Wildman–Crippen MR) is 317 cm³/mol. The number of nitrogens with zero attached hydrogens (tertiary/aromatic N) is 10. The molecule has 86 heavy (non-hydrogen) atoms. The van der Waals surface area contributed by atoms with Crippen LogP contribution in [0.25, 0.3) is 44.3 Å². The Labute approximate surface area is 494 Å². The van der Waals surface area contributed by atoms with Crippen molar-refractivity contribution < 1.29 is 41.7 Å². The van der Waals surface area contributed by atoms with Crippen LogP contribution in [-0.4, -0.2) is 124 Å². The van der Waals surface area contributed by atoms with E-state index < -0.39 is 34.5 Å². The summed E-state index contributed by atoms with van der Waals surface area (Å²) >= 11 is 0. The first-order valence-electron chi connectivity index (χ1n) is 28.3. The molecule has 450 valence electrons. The highest BCUT2D eigenvalue weighted by Gasteiger charge is 2.32. The molecule has 25 heteroatoms. The topological polar surface area (TPSA) is 283 Å². The molecule has 2 atom stereocenters. The number of benzene rings is 3. The quantitative estimate of drug-likeness (QED) is 0.0557. The largest absolute Gasteiger partial charge is 0.497 e. The number of anilines is 2. The molecule has 2 saturated heterocycles. The number of aromatic nitrogens is 10. The van der Waals surface area contributed by atoms with E-state index in [9.17, 15) is 14.4 Å². The zero-order valence-electron chi connectivity index (χ0n) is 49.7. The molecule has 0 radical (unpaired) electrons. The second kappa shape index (κ2) is 24.7. The first-order chi connectivity index (χ1) is 41.0. The minimum Gasteiger partial charge on any atom is -0.497 e. The smallest absolute Gasteiger partial charge is 0.410 e. The lowest BCUT2D eigenvalue weighted by Gasteiger charge is -2.24. The van der Waals surface area contributed by atoms with Crippen LogP contribution in [0.15, 0.2) is 94.2 Å². The Hall–Kier alpha value is -9.39. The molecule has 0 unspecified atom stereocenters. The van der Waals surface area contributed by atoms with Crippen LogP contribution in [-0.2, 0) is 35.2 Å². The van der Waals surface area contributed by atoms with E-state index in [1.54, 1.807) is 42.6 Å². The van der Waals surface area contributed by atoms with Crippen LogP contribution in [0.2, 0.25) is 0 Å². The summed E-state index contributed by atoms with van der Waals surface area (Å²) in [6.45, 7) is 20.1. The Morgan fingerprint density at radius 3 is 1.83 bits per heavy atom. The third kappa shape index (κ3) is 13.9. The highest BCUT2D eigenvalue weighted by atomic mass is 19.1. The molecule has 6 N–H and O–H groups in total. The van der Waals surface area contributed by atoms with Gasteiger partial charge in [0.15, 0.2) is 22.9 Å². The zero-order valence-corrected chi connectivity index (χ0v) is 49.7. The summed E-state index contributed by atoms with van der Waals surface area (Å²) in [5, 5.41) is 37.0. The van der Waals surface area contributed by atoms with E-state index in [0.717, 1.165) is 47.3 Å². The number of hydrogen-bond donors (Lipinski definition) is 6. The normalized spacial score (nSPS) is 15.4. The maximum absolute atomic E-state index is 15.7. The average molecular weight is 1180 g/mol. The third-order valence-electron chi connectivity index (χ3n) is 14.3. The van der Waals surface area contributed by atoms with Crippen LogP contribution < -0.4 is 31.3 Å². The van der Waals surface area contributed by atoms with Gasteiger partial charge in [0.2, 0.25) is 11.8 Å². The summed E-state index contributed by atoms with van der Waals surface area (Å²) in [5.74, 6) is 0.497. The molecule has 6 aromatic heterocycles. The zero-order chi connectivity index (χ0) is 61.1. The number of H-pyrrole nitrogens is 1. The molecule has 0 spiro atoms. The minimum atomic E-state index is -0.597. The van der Waals surface area contributed by atoms with Gasteiger partial charge in [-0.2, -0.15) is 20.2 Å². The fourth-order valence-electron chi connectivity index (χ4n) is 9.75. The van der Waals surface area contributed by atoms with Crippen LogP contribution in [0.1, 0.15) is 125 Å². The van der Waals surface area contributed by atoms with Gasteiger partial charge in [-0.25, -0.2) is 28.2 Å². The summed E-state index contributed by atoms with van der Waals surface area (Å²) in [6, 6.07) is 21.4. The highest BCUT2D eigenvalue weighted by molar-refractivity contribution is 6.02. The third-order valence-corrected chi connectivity index (χ3v) is 14.3. The second-order valence-corrected chi connectivity index (χ2v) is 24.3. The van der Waals surface area contributed by atoms with Crippen molar-refractivity contribution in [1.29, 1.82) is 0 Å². The molecule has 3 aromatic carbocycles. The van der Waals surface area contributed by atoms with Crippen molar-refractivity contribution in [2.24, 2.45) is 0 Å². The first kappa shape index (κ1) is 59.8. The van der Waals surface area contributed by atoms with Crippen LogP contribution in [0.5, 0.6) is 5.75 Å². The number of likely N-dealkylation sites (tertiary alicyclic amines) is 1. The maximum atomic E-state index is 15.7. The average Bonchev–Trinajstić information content (AvgIpc) is 1.97. The summed E-state index contributed by atoms with van der Waals surface area (Å²) in [6.07, 6.45) is 4.68. The van der Waals surface area contributed by atoms with Crippen LogP contribution in [0.3, 0.4) is 0 Å². The van der Waals surface area contributed by atoms with Crippen molar-refractivity contribution in [3.05, 3.63) is 137 Å². The number of carbonyl (C=O) groups is 3. The van der Waals surface area contributed by atoms with Gasteiger partial charge in [0.25, 0.3) is 23.5 Å². The number of halogens is 2. The van der Waals surface area contributed by atoms with Gasteiger partial charge in [0.05, 0.1) is 24.4 Å². The fourth-order valence-corrected chi connectivity index (χ4v) is 9.75. The number of methoxy groups -OCH3 is 1. The molecule has 0 bridgehead atoms. The van der Waals surface area contributed by atoms with Gasteiger partial charge in [0.1, 0.15) is 23.0 Å². The molecule has 2 aliphatic rings. The maximum Gasteiger partial charge on any atom is 0.410 e. The van der Waals surface area contributed by atoms with Crippen LogP contribution in [0, 0.1) is 11.6 Å². The number of aromatic amines is 1. The van der Waals surface area contributed by atoms with Gasteiger partial charge in [-0.3, -0.25) is 14.7 Å². The van der Waals surface area contributed by atoms with E-state index >= 15 is 8.78 Å². The lowest BCUT2D eigenvalue weighted by Crippen LogP contribution is -2.36. The molecule has 0 aliphatic carbocycles. The van der Waals surface area contributed by atoms with Crippen molar-refractivity contribution in [3.8, 4) is 28.0 Å². The van der Waals surface area contributed by atoms with Gasteiger partial charge in [-0.05, 0) is 104 Å². The lowest BCUT2D eigenvalue weighted by molar-refractivity contribution is 0.0293. The van der Waals surface area contributed by atoms with Crippen LogP contribution >= 0.6 is 0 Å². The van der Waals surface area contributed by atoms with Crippen LogP contribution in [0.4, 0.5) is 25.2 Å². The standard InChI is InChI=1S/C37H43FN8O5.C24H27FN8O2/c1-36(2,3)34-42-31(44-51-34)33(47)40-19-24-11-10-23(18-28(24)38)27-14-16-39-32-29(27)30(43-46(32)20-22-8-12-26(49-7)13-9-22)41-25-15-17-45(21-25)35(48)50-37(4,5)6;1-24(2,3)23-30-21(33-35-23)22(34)28-11-14-5-4-13(10-17(14)25)16-7-9-27-19-18(16)20(32-31-19)29-15-6-8-26-12-15/h8-14,16,18,25H,15,17,19-21H2,1-7H3,(H,40,47)(H,41,43);4-5,7,9-10,15,26H,6,8,11-12H2,1-3H3,(H,28,34)(H2,27,29,31,32)/t25-;15-/m11/s1. The summed E-state index contributed by atoms with van der Waals surface area (Å²) in [4.78, 5) is 56.9. The predicted octanol–water partition coefficient (Wildman–Crippen LogP) is 9.47. The number of carbonyl (C=O) groups excluding carboxylic acids is 3. The number of rotatable bonds is 15. The Kier molecular flexibility index (Phi) is 17.1. The van der Waals surface area contributed by atoms with Crippen molar-refractivity contribution in [1.82, 2.24) is 71.1 Å². The summed E-state index contributed by atoms with van der Waals surface area (Å²) in [7, 11) is 1.62. The Morgan fingerprint density at radius 1 is 0.709 bits per heavy atom. The van der Waals surface area contributed by atoms with E-state index in [1.807, 2.05) is 109 Å². The first-order valence-corrected chi connectivity index (χ1v) is 28.3. The van der Waals surface area contributed by atoms with Gasteiger partial charge in [-0.15, -0.1) is 0 Å². The van der Waals surface area contributed by atoms with E-state index in [1.165, 1.54) is 12.1 Å². The summed E-state index contributed by atoms with van der Waals surface area (Å²) in [5.41, 5.74) is 4.31. The number of nitrogens with one attached hydrogen (secondary N) is 6. The Morgan fingerprint density at radius 2 is 1.29 bits per heavy atom. The molecular weight excluding hydrogens is 1110 g/mol. The van der Waals surface area contributed by atoms with Gasteiger partial charge < -0.3 is 50.0 Å². The minimum absolute atomic E-state index is 0.0106. The van der Waals surface area contributed by atoms with E-state index in [0.29, 0.717) is 88.4 Å².